The number of ether oxygens (including phenoxy) is 2. The van der Waals surface area contributed by atoms with E-state index in [0.29, 0.717) is 29.2 Å². The van der Waals surface area contributed by atoms with Crippen molar-refractivity contribution in [2.45, 2.75) is 13.3 Å². The molecule has 2 amide bonds. The first-order valence-electron chi connectivity index (χ1n) is 8.42. The van der Waals surface area contributed by atoms with Crippen molar-refractivity contribution in [2.75, 3.05) is 13.7 Å². The summed E-state index contributed by atoms with van der Waals surface area (Å²) in [6.45, 7) is 2.64. The maximum absolute atomic E-state index is 12.2. The molecule has 9 heteroatoms. The first-order chi connectivity index (χ1) is 13.4. The van der Waals surface area contributed by atoms with Crippen molar-refractivity contribution in [1.29, 1.82) is 0 Å². The SMILES string of the molecule is CCCOc1ccc(C(=O)NC(=S)NNC(=O)c2ccc(OC)c(I)c2)cc1. The second-order valence-electron chi connectivity index (χ2n) is 5.58. The highest BCUT2D eigenvalue weighted by Gasteiger charge is 2.11. The molecule has 0 atom stereocenters. The number of benzene rings is 2. The van der Waals surface area contributed by atoms with Gasteiger partial charge in [0.1, 0.15) is 11.5 Å². The highest BCUT2D eigenvalue weighted by Crippen LogP contribution is 2.21. The van der Waals surface area contributed by atoms with Crippen LogP contribution < -0.4 is 25.6 Å². The van der Waals surface area contributed by atoms with Crippen LogP contribution in [0.3, 0.4) is 0 Å². The summed E-state index contributed by atoms with van der Waals surface area (Å²) >= 11 is 7.12. The van der Waals surface area contributed by atoms with Crippen molar-refractivity contribution in [3.05, 3.63) is 57.2 Å². The summed E-state index contributed by atoms with van der Waals surface area (Å²) in [4.78, 5) is 24.4. The molecule has 2 aromatic carbocycles. The van der Waals surface area contributed by atoms with E-state index in [1.807, 2.05) is 6.92 Å². The Balaban J connectivity index is 1.85. The van der Waals surface area contributed by atoms with Gasteiger partial charge in [-0.15, -0.1) is 0 Å². The molecule has 148 valence electrons. The van der Waals surface area contributed by atoms with E-state index in [1.165, 1.54) is 0 Å². The van der Waals surface area contributed by atoms with E-state index in [0.717, 1.165) is 9.99 Å². The van der Waals surface area contributed by atoms with Crippen LogP contribution in [-0.4, -0.2) is 30.6 Å². The van der Waals surface area contributed by atoms with Gasteiger partial charge in [0.2, 0.25) is 0 Å². The van der Waals surface area contributed by atoms with Crippen LogP contribution in [0.25, 0.3) is 0 Å². The standard InChI is InChI=1S/C19H20IN3O4S/c1-3-10-27-14-7-4-12(5-8-14)17(24)21-19(28)23-22-18(25)13-6-9-16(26-2)15(20)11-13/h4-9,11H,3,10H2,1-2H3,(H,22,25)(H2,21,23,24,28). The van der Waals surface area contributed by atoms with E-state index in [4.69, 9.17) is 21.7 Å². The molecule has 7 nitrogen and oxygen atoms in total. The summed E-state index contributed by atoms with van der Waals surface area (Å²) in [7, 11) is 1.56. The predicted molar refractivity (Wildman–Crippen MR) is 119 cm³/mol. The van der Waals surface area contributed by atoms with Gasteiger partial charge in [-0.1, -0.05) is 6.92 Å². The van der Waals surface area contributed by atoms with Crippen LogP contribution in [0, 0.1) is 3.57 Å². The van der Waals surface area contributed by atoms with Crippen LogP contribution in [0.4, 0.5) is 0 Å². The summed E-state index contributed by atoms with van der Waals surface area (Å²) in [5, 5.41) is 2.48. The summed E-state index contributed by atoms with van der Waals surface area (Å²) in [5.41, 5.74) is 5.80. The third kappa shape index (κ3) is 6.34. The number of nitrogens with one attached hydrogen (secondary N) is 3. The Hall–Kier alpha value is -2.40. The van der Waals surface area contributed by atoms with Crippen molar-refractivity contribution in [1.82, 2.24) is 16.2 Å². The van der Waals surface area contributed by atoms with Crippen molar-refractivity contribution in [2.24, 2.45) is 0 Å². The largest absolute Gasteiger partial charge is 0.496 e. The normalized spacial score (nSPS) is 9.96. The van der Waals surface area contributed by atoms with Crippen LogP contribution in [0.5, 0.6) is 11.5 Å². The van der Waals surface area contributed by atoms with E-state index in [2.05, 4.69) is 38.8 Å². The molecule has 0 radical (unpaired) electrons. The fourth-order valence-corrected chi connectivity index (χ4v) is 3.00. The lowest BCUT2D eigenvalue weighted by Crippen LogP contribution is -2.48. The minimum atomic E-state index is -0.396. The van der Waals surface area contributed by atoms with Gasteiger partial charge in [-0.25, -0.2) is 0 Å². The van der Waals surface area contributed by atoms with Crippen LogP contribution >= 0.6 is 34.8 Å². The van der Waals surface area contributed by atoms with Gasteiger partial charge in [-0.05, 0) is 83.7 Å². The molecule has 3 N–H and O–H groups in total. The smallest absolute Gasteiger partial charge is 0.269 e. The number of methoxy groups -OCH3 is 1. The predicted octanol–water partition coefficient (Wildman–Crippen LogP) is 3.04. The molecule has 0 aromatic heterocycles. The molecule has 2 aromatic rings. The fraction of sp³-hybridized carbons (Fsp3) is 0.211. The Kier molecular flexibility index (Phi) is 8.45. The van der Waals surface area contributed by atoms with Gasteiger partial charge in [-0.2, -0.15) is 0 Å². The zero-order chi connectivity index (χ0) is 20.5. The molecule has 28 heavy (non-hydrogen) atoms. The molecule has 0 aliphatic heterocycles. The van der Waals surface area contributed by atoms with Crippen LogP contribution in [0.1, 0.15) is 34.1 Å². The second-order valence-corrected chi connectivity index (χ2v) is 7.15. The van der Waals surface area contributed by atoms with Crippen LogP contribution in [0.2, 0.25) is 0 Å². The maximum atomic E-state index is 12.2. The Morgan fingerprint density at radius 2 is 1.71 bits per heavy atom. The average molecular weight is 513 g/mol. The Morgan fingerprint density at radius 3 is 2.32 bits per heavy atom. The monoisotopic (exact) mass is 513 g/mol. The Morgan fingerprint density at radius 1 is 1.04 bits per heavy atom. The first kappa shape index (κ1) is 21.9. The zero-order valence-corrected chi connectivity index (χ0v) is 18.3. The Labute approximate surface area is 182 Å². The molecule has 0 fully saturated rings. The van der Waals surface area contributed by atoms with Crippen molar-refractivity contribution < 1.29 is 19.1 Å². The summed E-state index contributed by atoms with van der Waals surface area (Å²) in [6.07, 6.45) is 0.906. The quantitative estimate of drug-likeness (QED) is 0.313. The molecule has 0 heterocycles. The van der Waals surface area contributed by atoms with Gasteiger partial charge in [0.25, 0.3) is 11.8 Å². The van der Waals surface area contributed by atoms with Gasteiger partial charge in [-0.3, -0.25) is 25.8 Å². The fourth-order valence-electron chi connectivity index (χ4n) is 2.12. The molecule has 0 spiro atoms. The number of carbonyl (C=O) groups is 2. The molecular weight excluding hydrogens is 493 g/mol. The minimum Gasteiger partial charge on any atom is -0.496 e. The highest BCUT2D eigenvalue weighted by molar-refractivity contribution is 14.1. The highest BCUT2D eigenvalue weighted by atomic mass is 127. The van der Waals surface area contributed by atoms with Gasteiger partial charge in [0.05, 0.1) is 17.3 Å². The number of thiocarbonyl (C=S) groups is 1. The summed E-state index contributed by atoms with van der Waals surface area (Å²) in [5.74, 6) is 0.585. The Bertz CT molecular complexity index is 859. The maximum Gasteiger partial charge on any atom is 0.269 e. The van der Waals surface area contributed by atoms with Gasteiger partial charge in [0.15, 0.2) is 5.11 Å². The number of hydrogen-bond donors (Lipinski definition) is 3. The molecule has 2 rings (SSSR count). The van der Waals surface area contributed by atoms with Gasteiger partial charge >= 0.3 is 0 Å². The van der Waals surface area contributed by atoms with E-state index >= 15 is 0 Å². The van der Waals surface area contributed by atoms with E-state index in [9.17, 15) is 9.59 Å². The first-order valence-corrected chi connectivity index (χ1v) is 9.91. The molecule has 0 saturated carbocycles. The van der Waals surface area contributed by atoms with Gasteiger partial charge in [0, 0.05) is 11.1 Å². The van der Waals surface area contributed by atoms with E-state index < -0.39 is 11.8 Å². The van der Waals surface area contributed by atoms with Crippen molar-refractivity contribution in [3.8, 4) is 11.5 Å². The third-order valence-corrected chi connectivity index (χ3v) is 4.57. The number of amides is 2. The molecule has 0 saturated heterocycles. The lowest BCUT2D eigenvalue weighted by atomic mass is 10.2. The molecule has 0 aliphatic rings. The van der Waals surface area contributed by atoms with Crippen molar-refractivity contribution >= 4 is 51.7 Å². The number of hydrogen-bond acceptors (Lipinski definition) is 5. The van der Waals surface area contributed by atoms with Crippen molar-refractivity contribution in [3.63, 3.8) is 0 Å². The molecule has 0 aliphatic carbocycles. The second kappa shape index (κ2) is 10.8. The molecule has 0 unspecified atom stereocenters. The average Bonchev–Trinajstić information content (AvgIpc) is 2.70. The minimum absolute atomic E-state index is 0.0205. The zero-order valence-electron chi connectivity index (χ0n) is 15.4. The topological polar surface area (TPSA) is 88.7 Å². The number of rotatable bonds is 6. The number of hydrazine groups is 1. The molecule has 0 bridgehead atoms. The lowest BCUT2D eigenvalue weighted by Gasteiger charge is -2.12. The van der Waals surface area contributed by atoms with Crippen LogP contribution in [0.15, 0.2) is 42.5 Å². The van der Waals surface area contributed by atoms with E-state index in [-0.39, 0.29) is 5.11 Å². The number of halogens is 1. The van der Waals surface area contributed by atoms with Gasteiger partial charge < -0.3 is 9.47 Å². The summed E-state index contributed by atoms with van der Waals surface area (Å²) in [6, 6.07) is 11.7. The molecular formula is C19H20IN3O4S. The number of carbonyl (C=O) groups excluding carboxylic acids is 2. The third-order valence-electron chi connectivity index (χ3n) is 3.52. The van der Waals surface area contributed by atoms with Crippen LogP contribution in [-0.2, 0) is 0 Å². The lowest BCUT2D eigenvalue weighted by molar-refractivity contribution is 0.0934. The van der Waals surface area contributed by atoms with E-state index in [1.54, 1.807) is 49.6 Å². The summed E-state index contributed by atoms with van der Waals surface area (Å²) < 4.78 is 11.4.